The number of aliphatic hydroxyl groups is 1. The minimum Gasteiger partial charge on any atom is -0.395 e. The Morgan fingerprint density at radius 1 is 1.50 bits per heavy atom. The normalized spacial score (nSPS) is 10.2. The van der Waals surface area contributed by atoms with Gasteiger partial charge in [-0.15, -0.1) is 0 Å². The second-order valence-electron chi connectivity index (χ2n) is 3.35. The fraction of sp³-hybridized carbons (Fsp3) is 0.545. The van der Waals surface area contributed by atoms with Gasteiger partial charge in [0.2, 0.25) is 0 Å². The Kier molecular flexibility index (Phi) is 5.60. The van der Waals surface area contributed by atoms with Crippen LogP contribution in [0.25, 0.3) is 0 Å². The molecule has 1 aromatic rings. The SMILES string of the molecule is CNc1cc(N(CCO)CCOC)ccn1. The first-order valence-electron chi connectivity index (χ1n) is 5.30. The predicted octanol–water partition coefficient (Wildman–Crippen LogP) is 0.568. The number of ether oxygens (including phenoxy) is 1. The van der Waals surface area contributed by atoms with Gasteiger partial charge >= 0.3 is 0 Å². The molecular weight excluding hydrogens is 206 g/mol. The molecule has 0 aliphatic heterocycles. The van der Waals surface area contributed by atoms with E-state index in [1.165, 1.54) is 0 Å². The lowest BCUT2D eigenvalue weighted by atomic mass is 10.3. The Labute approximate surface area is 96.1 Å². The van der Waals surface area contributed by atoms with Gasteiger partial charge in [-0.05, 0) is 6.07 Å². The first-order chi connectivity index (χ1) is 7.81. The van der Waals surface area contributed by atoms with E-state index in [4.69, 9.17) is 9.84 Å². The Morgan fingerprint density at radius 2 is 2.31 bits per heavy atom. The third-order valence-electron chi connectivity index (χ3n) is 2.30. The van der Waals surface area contributed by atoms with Crippen molar-refractivity contribution in [3.05, 3.63) is 18.3 Å². The summed E-state index contributed by atoms with van der Waals surface area (Å²) in [6.45, 7) is 2.11. The maximum absolute atomic E-state index is 9.01. The molecule has 5 nitrogen and oxygen atoms in total. The van der Waals surface area contributed by atoms with Crippen molar-refractivity contribution in [1.82, 2.24) is 4.98 Å². The van der Waals surface area contributed by atoms with Crippen LogP contribution in [-0.4, -0.2) is 50.6 Å². The summed E-state index contributed by atoms with van der Waals surface area (Å²) in [6, 6.07) is 3.87. The summed E-state index contributed by atoms with van der Waals surface area (Å²) in [4.78, 5) is 6.21. The monoisotopic (exact) mass is 225 g/mol. The molecule has 0 saturated carbocycles. The number of rotatable bonds is 7. The van der Waals surface area contributed by atoms with Gasteiger partial charge in [0, 0.05) is 45.2 Å². The minimum atomic E-state index is 0.126. The van der Waals surface area contributed by atoms with Gasteiger partial charge in [0.05, 0.1) is 13.2 Å². The number of nitrogens with one attached hydrogen (secondary N) is 1. The number of aliphatic hydroxyl groups excluding tert-OH is 1. The van der Waals surface area contributed by atoms with Crippen molar-refractivity contribution in [1.29, 1.82) is 0 Å². The highest BCUT2D eigenvalue weighted by atomic mass is 16.5. The summed E-state index contributed by atoms with van der Waals surface area (Å²) in [6.07, 6.45) is 1.75. The summed E-state index contributed by atoms with van der Waals surface area (Å²) in [5, 5.41) is 12.0. The average molecular weight is 225 g/mol. The van der Waals surface area contributed by atoms with Crippen molar-refractivity contribution in [2.24, 2.45) is 0 Å². The maximum atomic E-state index is 9.01. The van der Waals surface area contributed by atoms with Gasteiger partial charge in [0.15, 0.2) is 0 Å². The van der Waals surface area contributed by atoms with Gasteiger partial charge in [-0.25, -0.2) is 4.98 Å². The van der Waals surface area contributed by atoms with E-state index in [0.29, 0.717) is 13.2 Å². The fourth-order valence-corrected chi connectivity index (χ4v) is 1.45. The molecule has 0 bridgehead atoms. The van der Waals surface area contributed by atoms with Crippen LogP contribution in [0.4, 0.5) is 11.5 Å². The van der Waals surface area contributed by atoms with Gasteiger partial charge < -0.3 is 20.1 Å². The van der Waals surface area contributed by atoms with Gasteiger partial charge in [-0.2, -0.15) is 0 Å². The van der Waals surface area contributed by atoms with Crippen molar-refractivity contribution in [3.63, 3.8) is 0 Å². The van der Waals surface area contributed by atoms with Crippen molar-refractivity contribution in [3.8, 4) is 0 Å². The summed E-state index contributed by atoms with van der Waals surface area (Å²) < 4.78 is 5.04. The van der Waals surface area contributed by atoms with Gasteiger partial charge in [-0.1, -0.05) is 0 Å². The third-order valence-corrected chi connectivity index (χ3v) is 2.30. The van der Waals surface area contributed by atoms with Crippen molar-refractivity contribution in [2.45, 2.75) is 0 Å². The Morgan fingerprint density at radius 3 is 2.94 bits per heavy atom. The molecule has 0 radical (unpaired) electrons. The first kappa shape index (κ1) is 12.7. The van der Waals surface area contributed by atoms with Crippen LogP contribution < -0.4 is 10.2 Å². The second-order valence-corrected chi connectivity index (χ2v) is 3.35. The molecule has 2 N–H and O–H groups in total. The molecule has 1 aromatic heterocycles. The number of hydrogen-bond acceptors (Lipinski definition) is 5. The minimum absolute atomic E-state index is 0.126. The molecule has 0 aliphatic carbocycles. The second kappa shape index (κ2) is 7.03. The number of pyridine rings is 1. The molecule has 5 heteroatoms. The highest BCUT2D eigenvalue weighted by molar-refractivity contribution is 5.53. The number of hydrogen-bond donors (Lipinski definition) is 2. The lowest BCUT2D eigenvalue weighted by Gasteiger charge is -2.23. The number of methoxy groups -OCH3 is 1. The van der Waals surface area contributed by atoms with E-state index >= 15 is 0 Å². The molecule has 0 amide bonds. The third kappa shape index (κ3) is 3.67. The number of nitrogens with zero attached hydrogens (tertiary/aromatic N) is 2. The highest BCUT2D eigenvalue weighted by Crippen LogP contribution is 2.16. The quantitative estimate of drug-likeness (QED) is 0.710. The Balaban J connectivity index is 2.73. The van der Waals surface area contributed by atoms with Crippen LogP contribution >= 0.6 is 0 Å². The topological polar surface area (TPSA) is 57.6 Å². The van der Waals surface area contributed by atoms with E-state index < -0.39 is 0 Å². The van der Waals surface area contributed by atoms with Gasteiger partial charge in [-0.3, -0.25) is 0 Å². The van der Waals surface area contributed by atoms with E-state index in [-0.39, 0.29) is 6.61 Å². The van der Waals surface area contributed by atoms with E-state index in [1.807, 2.05) is 19.2 Å². The summed E-state index contributed by atoms with van der Waals surface area (Å²) in [5.41, 5.74) is 1.03. The van der Waals surface area contributed by atoms with E-state index in [9.17, 15) is 0 Å². The lowest BCUT2D eigenvalue weighted by Crippen LogP contribution is -2.30. The largest absolute Gasteiger partial charge is 0.395 e. The smallest absolute Gasteiger partial charge is 0.127 e. The molecule has 0 saturated heterocycles. The molecule has 0 spiro atoms. The van der Waals surface area contributed by atoms with Crippen LogP contribution in [0, 0.1) is 0 Å². The number of aromatic nitrogens is 1. The lowest BCUT2D eigenvalue weighted by molar-refractivity contribution is 0.203. The fourth-order valence-electron chi connectivity index (χ4n) is 1.45. The molecule has 16 heavy (non-hydrogen) atoms. The summed E-state index contributed by atoms with van der Waals surface area (Å²) in [7, 11) is 3.50. The highest BCUT2D eigenvalue weighted by Gasteiger charge is 2.06. The molecule has 1 heterocycles. The first-order valence-corrected chi connectivity index (χ1v) is 5.30. The van der Waals surface area contributed by atoms with E-state index in [1.54, 1.807) is 13.3 Å². The Hall–Kier alpha value is -1.33. The van der Waals surface area contributed by atoms with Crippen LogP contribution in [0.15, 0.2) is 18.3 Å². The molecular formula is C11H19N3O2. The van der Waals surface area contributed by atoms with Gasteiger partial charge in [0.1, 0.15) is 5.82 Å². The van der Waals surface area contributed by atoms with Crippen molar-refractivity contribution >= 4 is 11.5 Å². The molecule has 90 valence electrons. The zero-order valence-corrected chi connectivity index (χ0v) is 9.81. The van der Waals surface area contributed by atoms with Crippen LogP contribution in [0.1, 0.15) is 0 Å². The molecule has 0 aliphatic rings. The molecule has 0 atom stereocenters. The predicted molar refractivity (Wildman–Crippen MR) is 65.0 cm³/mol. The van der Waals surface area contributed by atoms with Crippen LogP contribution in [0.3, 0.4) is 0 Å². The Bertz CT molecular complexity index is 307. The summed E-state index contributed by atoms with van der Waals surface area (Å²) in [5.74, 6) is 0.817. The van der Waals surface area contributed by atoms with Crippen molar-refractivity contribution < 1.29 is 9.84 Å². The van der Waals surface area contributed by atoms with Crippen molar-refractivity contribution in [2.75, 3.05) is 50.7 Å². The van der Waals surface area contributed by atoms with Crippen LogP contribution in [-0.2, 0) is 4.74 Å². The van der Waals surface area contributed by atoms with Crippen LogP contribution in [0.2, 0.25) is 0 Å². The molecule has 0 fully saturated rings. The van der Waals surface area contributed by atoms with Gasteiger partial charge in [0.25, 0.3) is 0 Å². The number of anilines is 2. The zero-order valence-electron chi connectivity index (χ0n) is 9.81. The molecule has 0 unspecified atom stereocenters. The van der Waals surface area contributed by atoms with E-state index in [2.05, 4.69) is 15.2 Å². The molecule has 0 aromatic carbocycles. The summed E-state index contributed by atoms with van der Waals surface area (Å²) >= 11 is 0. The standard InChI is InChI=1S/C11H19N3O2/c1-12-11-9-10(3-4-13-11)14(5-7-15)6-8-16-2/h3-4,9,15H,5-8H2,1-2H3,(H,12,13). The van der Waals surface area contributed by atoms with Crippen LogP contribution in [0.5, 0.6) is 0 Å². The van der Waals surface area contributed by atoms with E-state index in [0.717, 1.165) is 18.1 Å². The average Bonchev–Trinajstić information content (AvgIpc) is 2.34. The zero-order chi connectivity index (χ0) is 11.8. The maximum Gasteiger partial charge on any atom is 0.127 e. The molecule has 1 rings (SSSR count).